The van der Waals surface area contributed by atoms with Crippen molar-refractivity contribution in [2.45, 2.75) is 37.8 Å². The van der Waals surface area contributed by atoms with Crippen LogP contribution in [0.4, 0.5) is 0 Å². The maximum atomic E-state index is 14.5. The molecule has 15 heteroatoms. The maximum Gasteiger partial charge on any atom is 0.261 e. The molecule has 14 nitrogen and oxygen atoms in total. The van der Waals surface area contributed by atoms with E-state index in [2.05, 4.69) is 10.3 Å². The fourth-order valence-electron chi connectivity index (χ4n) is 7.07. The molecule has 1 spiro atoms. The van der Waals surface area contributed by atoms with Crippen LogP contribution in [-0.2, 0) is 16.1 Å². The molecular formula is C38H38ClN3O11. The van der Waals surface area contributed by atoms with Crippen LogP contribution < -0.4 is 39.3 Å². The number of aliphatic hydroxyl groups excluding tert-OH is 1. The SMILES string of the molecule is COc1cc(OC)c2c(c1Cl)OC1(C2=O)C(O)=C(C(CC(=O)NCCn2cnc3ccccc3c2=O)c2cc(OC)c(OC)c(OC)c2)C(=O)CC1C. The Kier molecular flexibility index (Phi) is 10.3. The number of nitrogens with zero attached hydrogens (tertiary/aromatic N) is 2. The molecule has 0 saturated heterocycles. The lowest BCUT2D eigenvalue weighted by Crippen LogP contribution is -2.53. The molecule has 0 saturated carbocycles. The molecule has 6 rings (SSSR count). The van der Waals surface area contributed by atoms with Crippen LogP contribution in [0, 0.1) is 5.92 Å². The Morgan fingerprint density at radius 2 is 1.66 bits per heavy atom. The molecule has 0 radical (unpaired) electrons. The molecule has 3 aromatic carbocycles. The summed E-state index contributed by atoms with van der Waals surface area (Å²) >= 11 is 6.63. The Bertz CT molecular complexity index is 2210. The summed E-state index contributed by atoms with van der Waals surface area (Å²) in [6, 6.07) is 11.5. The molecule has 53 heavy (non-hydrogen) atoms. The van der Waals surface area contributed by atoms with Gasteiger partial charge in [0.25, 0.3) is 5.56 Å². The number of amides is 1. The number of hydrogen-bond acceptors (Lipinski definition) is 12. The first-order valence-corrected chi connectivity index (χ1v) is 17.0. The van der Waals surface area contributed by atoms with Crippen molar-refractivity contribution in [1.29, 1.82) is 0 Å². The number of ether oxygens (including phenoxy) is 6. The van der Waals surface area contributed by atoms with Crippen LogP contribution >= 0.6 is 11.6 Å². The van der Waals surface area contributed by atoms with E-state index >= 15 is 0 Å². The van der Waals surface area contributed by atoms with Crippen LogP contribution in [0.15, 0.2) is 64.9 Å². The summed E-state index contributed by atoms with van der Waals surface area (Å²) in [5, 5.41) is 15.5. The van der Waals surface area contributed by atoms with Crippen LogP contribution in [-0.4, -0.2) is 79.8 Å². The monoisotopic (exact) mass is 747 g/mol. The van der Waals surface area contributed by atoms with E-state index < -0.39 is 40.7 Å². The Hall–Kier alpha value is -5.76. The van der Waals surface area contributed by atoms with Gasteiger partial charge in [0, 0.05) is 49.4 Å². The van der Waals surface area contributed by atoms with Crippen LogP contribution in [0.25, 0.3) is 10.9 Å². The minimum Gasteiger partial charge on any atom is -0.507 e. The third-order valence-corrected chi connectivity index (χ3v) is 10.1. The second kappa shape index (κ2) is 14.7. The van der Waals surface area contributed by atoms with Gasteiger partial charge < -0.3 is 38.8 Å². The lowest BCUT2D eigenvalue weighted by Gasteiger charge is -2.38. The van der Waals surface area contributed by atoms with Gasteiger partial charge in [-0.25, -0.2) is 4.98 Å². The predicted molar refractivity (Wildman–Crippen MR) is 193 cm³/mol. The lowest BCUT2D eigenvalue weighted by molar-refractivity contribution is -0.121. The molecule has 1 aliphatic carbocycles. The second-order valence-corrected chi connectivity index (χ2v) is 13.0. The number of benzene rings is 3. The van der Waals surface area contributed by atoms with E-state index in [1.165, 1.54) is 52.5 Å². The Morgan fingerprint density at radius 1 is 1.00 bits per heavy atom. The van der Waals surface area contributed by atoms with Crippen molar-refractivity contribution in [2.24, 2.45) is 5.92 Å². The number of fused-ring (bicyclic) bond motifs is 2. The number of para-hydroxylation sites is 1. The number of carbonyl (C=O) groups is 3. The minimum absolute atomic E-state index is 0.0201. The number of aliphatic hydroxyl groups is 1. The highest BCUT2D eigenvalue weighted by Crippen LogP contribution is 2.56. The first kappa shape index (κ1) is 37.0. The summed E-state index contributed by atoms with van der Waals surface area (Å²) < 4.78 is 35.2. The highest BCUT2D eigenvalue weighted by atomic mass is 35.5. The molecule has 3 atom stereocenters. The van der Waals surface area contributed by atoms with E-state index in [9.17, 15) is 24.3 Å². The first-order chi connectivity index (χ1) is 25.4. The van der Waals surface area contributed by atoms with E-state index in [1.807, 2.05) is 0 Å². The van der Waals surface area contributed by atoms with Gasteiger partial charge in [-0.2, -0.15) is 0 Å². The van der Waals surface area contributed by atoms with Gasteiger partial charge >= 0.3 is 0 Å². The summed E-state index contributed by atoms with van der Waals surface area (Å²) in [5.41, 5.74) is -1.70. The second-order valence-electron chi connectivity index (χ2n) is 12.6. The van der Waals surface area contributed by atoms with Gasteiger partial charge in [-0.1, -0.05) is 30.7 Å². The molecule has 4 aromatic rings. The minimum atomic E-state index is -2.09. The number of methoxy groups -OCH3 is 5. The molecular weight excluding hydrogens is 710 g/mol. The molecule has 278 valence electrons. The number of aromatic nitrogens is 2. The summed E-state index contributed by atoms with van der Waals surface area (Å²) in [4.78, 5) is 59.6. The van der Waals surface area contributed by atoms with E-state index in [0.717, 1.165) is 0 Å². The smallest absolute Gasteiger partial charge is 0.261 e. The molecule has 1 aliphatic heterocycles. The molecule has 2 heterocycles. The van der Waals surface area contributed by atoms with E-state index in [-0.39, 0.29) is 82.1 Å². The van der Waals surface area contributed by atoms with Gasteiger partial charge in [-0.05, 0) is 29.8 Å². The lowest BCUT2D eigenvalue weighted by atomic mass is 9.69. The summed E-state index contributed by atoms with van der Waals surface area (Å²) in [7, 11) is 7.02. The molecule has 0 fully saturated rings. The topological polar surface area (TPSA) is 174 Å². The van der Waals surface area contributed by atoms with Crippen LogP contribution in [0.5, 0.6) is 34.5 Å². The maximum absolute atomic E-state index is 14.5. The Labute approximate surface area is 309 Å². The van der Waals surface area contributed by atoms with E-state index in [4.69, 9.17) is 40.0 Å². The number of Topliss-reactive ketones (excluding diaryl/α,β-unsaturated/α-hetero) is 2. The van der Waals surface area contributed by atoms with Gasteiger partial charge in [0.2, 0.25) is 23.0 Å². The number of hydrogen-bond donors (Lipinski definition) is 2. The highest BCUT2D eigenvalue weighted by Gasteiger charge is 2.61. The number of halogens is 1. The van der Waals surface area contributed by atoms with Gasteiger partial charge in [0.15, 0.2) is 28.8 Å². The molecule has 3 unspecified atom stereocenters. The quantitative estimate of drug-likeness (QED) is 0.203. The number of nitrogens with one attached hydrogen (secondary N) is 1. The average Bonchev–Trinajstić information content (AvgIpc) is 3.48. The van der Waals surface area contributed by atoms with Crippen molar-refractivity contribution in [3.05, 3.63) is 86.6 Å². The van der Waals surface area contributed by atoms with E-state index in [1.54, 1.807) is 43.3 Å². The van der Waals surface area contributed by atoms with E-state index in [0.29, 0.717) is 16.5 Å². The third kappa shape index (κ3) is 6.16. The fraction of sp³-hybridized carbons (Fsp3) is 0.342. The number of rotatable bonds is 12. The van der Waals surface area contributed by atoms with Gasteiger partial charge in [-0.15, -0.1) is 0 Å². The number of ketones is 2. The van der Waals surface area contributed by atoms with Crippen LogP contribution in [0.1, 0.15) is 41.6 Å². The normalized spacial score (nSPS) is 18.4. The molecule has 1 aromatic heterocycles. The Balaban J connectivity index is 1.42. The Morgan fingerprint density at radius 3 is 2.30 bits per heavy atom. The van der Waals surface area contributed by atoms with Crippen molar-refractivity contribution >= 4 is 40.0 Å². The zero-order valence-electron chi connectivity index (χ0n) is 29.9. The van der Waals surface area contributed by atoms with Gasteiger partial charge in [-0.3, -0.25) is 23.7 Å². The van der Waals surface area contributed by atoms with Crippen molar-refractivity contribution in [1.82, 2.24) is 14.9 Å². The zero-order chi connectivity index (χ0) is 38.2. The van der Waals surface area contributed by atoms with Crippen LogP contribution in [0.3, 0.4) is 0 Å². The molecule has 2 aliphatic rings. The largest absolute Gasteiger partial charge is 0.507 e. The molecule has 2 N–H and O–H groups in total. The standard InChI is InChI=1S/C38H38ClN3O11/c1-19-13-24(43)30(35(45)38(19)36(46)31-25(48-2)17-26(49-3)32(39)34(31)53-38)22(20-14-27(50-4)33(52-6)28(15-20)51-5)16-29(44)40-11-12-42-18-41-23-10-8-7-9-21(23)37(42)47/h7-10,14-15,17-19,22,45H,11-13,16H2,1-6H3,(H,40,44). The predicted octanol–water partition coefficient (Wildman–Crippen LogP) is 4.82. The number of carbonyl (C=O) groups excluding carboxylic acids is 3. The van der Waals surface area contributed by atoms with Crippen molar-refractivity contribution in [3.63, 3.8) is 0 Å². The zero-order valence-corrected chi connectivity index (χ0v) is 30.7. The van der Waals surface area contributed by atoms with Crippen molar-refractivity contribution < 1.29 is 47.9 Å². The molecule has 0 bridgehead atoms. The van der Waals surface area contributed by atoms with Crippen LogP contribution in [0.2, 0.25) is 5.02 Å². The van der Waals surface area contributed by atoms with Crippen molar-refractivity contribution in [2.75, 3.05) is 42.1 Å². The number of allylic oxidation sites excluding steroid dienone is 1. The molecule has 1 amide bonds. The summed E-state index contributed by atoms with van der Waals surface area (Å²) in [6.45, 7) is 1.76. The van der Waals surface area contributed by atoms with Gasteiger partial charge in [0.05, 0.1) is 52.8 Å². The third-order valence-electron chi connectivity index (χ3n) is 9.75. The summed E-state index contributed by atoms with van der Waals surface area (Å²) in [6.07, 6.45) is 0.807. The average molecular weight is 748 g/mol. The first-order valence-electron chi connectivity index (χ1n) is 16.6. The fourth-order valence-corrected chi connectivity index (χ4v) is 7.33. The summed E-state index contributed by atoms with van der Waals surface area (Å²) in [5.74, 6) is -3.48. The highest BCUT2D eigenvalue weighted by molar-refractivity contribution is 6.35. The van der Waals surface area contributed by atoms with Crippen molar-refractivity contribution in [3.8, 4) is 34.5 Å². The van der Waals surface area contributed by atoms with Gasteiger partial charge in [0.1, 0.15) is 22.1 Å².